The molecule has 1 unspecified atom stereocenters. The number of hydrogen-bond acceptors (Lipinski definition) is 4. The molecule has 1 atom stereocenters. The molecule has 1 aliphatic heterocycles. The number of hydrogen-bond donors (Lipinski definition) is 3. The average Bonchev–Trinajstić information content (AvgIpc) is 1.99. The molecule has 1 aliphatic rings. The first-order valence-corrected chi connectivity index (χ1v) is 3.55. The molecule has 0 aromatic rings. The van der Waals surface area contributed by atoms with Crippen molar-refractivity contribution in [2.75, 3.05) is 13.2 Å². The van der Waals surface area contributed by atoms with Crippen LogP contribution >= 0.6 is 0 Å². The summed E-state index contributed by atoms with van der Waals surface area (Å²) in [6.45, 7) is -0.0216. The normalized spacial score (nSPS) is 23.2. The van der Waals surface area contributed by atoms with E-state index in [0.29, 0.717) is 0 Å². The summed E-state index contributed by atoms with van der Waals surface area (Å²) in [7, 11) is 0. The summed E-state index contributed by atoms with van der Waals surface area (Å²) in [5.41, 5.74) is 0. The van der Waals surface area contributed by atoms with Crippen LogP contribution < -0.4 is 10.6 Å². The Morgan fingerprint density at radius 2 is 2.33 bits per heavy atom. The number of aliphatic hydroxyl groups is 1. The summed E-state index contributed by atoms with van der Waals surface area (Å²) in [6.07, 6.45) is -0.524. The van der Waals surface area contributed by atoms with Crippen LogP contribution in [-0.2, 0) is 9.53 Å². The second-order valence-electron chi connectivity index (χ2n) is 2.31. The number of aliphatic hydroxyl groups excluding tert-OH is 1. The molecule has 0 saturated carbocycles. The molecule has 0 aliphatic carbocycles. The second kappa shape index (κ2) is 4.03. The van der Waals surface area contributed by atoms with Crippen LogP contribution in [0.5, 0.6) is 0 Å². The van der Waals surface area contributed by atoms with E-state index < -0.39 is 12.3 Å². The third-order valence-corrected chi connectivity index (χ3v) is 1.33. The van der Waals surface area contributed by atoms with E-state index in [0.717, 1.165) is 0 Å². The van der Waals surface area contributed by atoms with Gasteiger partial charge in [0.15, 0.2) is 0 Å². The van der Waals surface area contributed by atoms with Crippen molar-refractivity contribution in [3.8, 4) is 0 Å². The van der Waals surface area contributed by atoms with Crippen LogP contribution in [0.3, 0.4) is 0 Å². The highest BCUT2D eigenvalue weighted by Gasteiger charge is 2.23. The number of carbonyl (C=O) groups is 2. The minimum Gasteiger partial charge on any atom is -0.394 e. The molecule has 12 heavy (non-hydrogen) atoms. The SMILES string of the molecule is O=C1CC(OCCO)NC(=O)N1. The molecule has 0 bridgehead atoms. The van der Waals surface area contributed by atoms with E-state index in [1.807, 2.05) is 0 Å². The molecule has 68 valence electrons. The van der Waals surface area contributed by atoms with Crippen LogP contribution in [0.4, 0.5) is 4.79 Å². The van der Waals surface area contributed by atoms with Crippen molar-refractivity contribution >= 4 is 11.9 Å². The largest absolute Gasteiger partial charge is 0.394 e. The minimum absolute atomic E-state index is 0.0890. The van der Waals surface area contributed by atoms with Gasteiger partial charge in [-0.1, -0.05) is 0 Å². The zero-order valence-electron chi connectivity index (χ0n) is 6.37. The van der Waals surface area contributed by atoms with Gasteiger partial charge in [-0.05, 0) is 0 Å². The smallest absolute Gasteiger partial charge is 0.323 e. The molecule has 0 aromatic heterocycles. The van der Waals surface area contributed by atoms with Crippen LogP contribution in [0.1, 0.15) is 6.42 Å². The van der Waals surface area contributed by atoms with E-state index in [9.17, 15) is 9.59 Å². The number of amides is 3. The maximum Gasteiger partial charge on any atom is 0.323 e. The van der Waals surface area contributed by atoms with E-state index in [1.54, 1.807) is 0 Å². The summed E-state index contributed by atoms with van der Waals surface area (Å²) in [4.78, 5) is 21.4. The summed E-state index contributed by atoms with van der Waals surface area (Å²) in [6, 6.07) is -0.561. The summed E-state index contributed by atoms with van der Waals surface area (Å²) >= 11 is 0. The molecule has 0 spiro atoms. The van der Waals surface area contributed by atoms with Gasteiger partial charge in [0.25, 0.3) is 0 Å². The lowest BCUT2D eigenvalue weighted by molar-refractivity contribution is -0.125. The van der Waals surface area contributed by atoms with Gasteiger partial charge in [0.05, 0.1) is 19.6 Å². The fourth-order valence-electron chi connectivity index (χ4n) is 0.875. The van der Waals surface area contributed by atoms with Crippen molar-refractivity contribution in [2.45, 2.75) is 12.6 Å². The van der Waals surface area contributed by atoms with Crippen LogP contribution in [0.2, 0.25) is 0 Å². The van der Waals surface area contributed by atoms with E-state index >= 15 is 0 Å². The minimum atomic E-state index is -0.613. The maximum absolute atomic E-state index is 10.7. The molecule has 3 amide bonds. The van der Waals surface area contributed by atoms with Gasteiger partial charge < -0.3 is 15.2 Å². The van der Waals surface area contributed by atoms with Crippen molar-refractivity contribution in [3.05, 3.63) is 0 Å². The highest BCUT2D eigenvalue weighted by Crippen LogP contribution is 1.98. The molecule has 3 N–H and O–H groups in total. The molecule has 0 radical (unpaired) electrons. The second-order valence-corrected chi connectivity index (χ2v) is 2.31. The fourth-order valence-corrected chi connectivity index (χ4v) is 0.875. The molecule has 6 heteroatoms. The summed E-state index contributed by atoms with van der Waals surface area (Å²) in [5.74, 6) is -0.373. The van der Waals surface area contributed by atoms with Gasteiger partial charge in [0.1, 0.15) is 6.23 Å². The topological polar surface area (TPSA) is 87.7 Å². The lowest BCUT2D eigenvalue weighted by Gasteiger charge is -2.22. The summed E-state index contributed by atoms with van der Waals surface area (Å²) in [5, 5.41) is 12.8. The lowest BCUT2D eigenvalue weighted by atomic mass is 10.3. The third-order valence-electron chi connectivity index (χ3n) is 1.33. The summed E-state index contributed by atoms with van der Waals surface area (Å²) < 4.78 is 4.93. The average molecular weight is 174 g/mol. The number of imide groups is 1. The number of rotatable bonds is 3. The van der Waals surface area contributed by atoms with Gasteiger partial charge in [0, 0.05) is 0 Å². The predicted molar refractivity (Wildman–Crippen MR) is 38.1 cm³/mol. The molecule has 1 saturated heterocycles. The molecular formula is C6H10N2O4. The van der Waals surface area contributed by atoms with Gasteiger partial charge in [-0.3, -0.25) is 10.1 Å². The van der Waals surface area contributed by atoms with Crippen molar-refractivity contribution in [3.63, 3.8) is 0 Å². The Morgan fingerprint density at radius 3 is 2.92 bits per heavy atom. The molecule has 1 fully saturated rings. The molecule has 0 aromatic carbocycles. The molecule has 1 rings (SSSR count). The van der Waals surface area contributed by atoms with Crippen molar-refractivity contribution in [1.29, 1.82) is 0 Å². The number of carbonyl (C=O) groups excluding carboxylic acids is 2. The van der Waals surface area contributed by atoms with Gasteiger partial charge in [-0.15, -0.1) is 0 Å². The van der Waals surface area contributed by atoms with Crippen LogP contribution in [0.15, 0.2) is 0 Å². The van der Waals surface area contributed by atoms with Crippen molar-refractivity contribution < 1.29 is 19.4 Å². The quantitative estimate of drug-likeness (QED) is 0.488. The van der Waals surface area contributed by atoms with Crippen molar-refractivity contribution in [2.24, 2.45) is 0 Å². The zero-order chi connectivity index (χ0) is 8.97. The predicted octanol–water partition coefficient (Wildman–Crippen LogP) is -1.45. The van der Waals surface area contributed by atoms with Crippen LogP contribution in [0.25, 0.3) is 0 Å². The van der Waals surface area contributed by atoms with E-state index in [1.165, 1.54) is 0 Å². The Kier molecular flexibility index (Phi) is 3.01. The van der Waals surface area contributed by atoms with Gasteiger partial charge >= 0.3 is 6.03 Å². The monoisotopic (exact) mass is 174 g/mol. The van der Waals surface area contributed by atoms with E-state index in [4.69, 9.17) is 9.84 Å². The standard InChI is InChI=1S/C6H10N2O4/c9-1-2-12-5-3-4(10)7-6(11)8-5/h5,9H,1-3H2,(H2,7,8,10,11). The number of urea groups is 1. The molecule has 1 heterocycles. The van der Waals surface area contributed by atoms with Gasteiger partial charge in [0.2, 0.25) is 5.91 Å². The third kappa shape index (κ3) is 2.48. The highest BCUT2D eigenvalue weighted by atomic mass is 16.5. The van der Waals surface area contributed by atoms with Crippen LogP contribution in [-0.4, -0.2) is 36.5 Å². The lowest BCUT2D eigenvalue weighted by Crippen LogP contribution is -2.53. The van der Waals surface area contributed by atoms with E-state index in [2.05, 4.69) is 10.6 Å². The number of nitrogens with one attached hydrogen (secondary N) is 2. The van der Waals surface area contributed by atoms with Gasteiger partial charge in [-0.25, -0.2) is 4.79 Å². The van der Waals surface area contributed by atoms with Crippen molar-refractivity contribution in [1.82, 2.24) is 10.6 Å². The first-order valence-electron chi connectivity index (χ1n) is 3.55. The maximum atomic E-state index is 10.7. The zero-order valence-corrected chi connectivity index (χ0v) is 6.37. The Labute approximate surface area is 68.9 Å². The first-order chi connectivity index (χ1) is 5.72. The molecular weight excluding hydrogens is 164 g/mol. The Bertz CT molecular complexity index is 178. The molecule has 6 nitrogen and oxygen atoms in total. The van der Waals surface area contributed by atoms with Gasteiger partial charge in [-0.2, -0.15) is 0 Å². The number of ether oxygens (including phenoxy) is 1. The first kappa shape index (κ1) is 8.95. The Morgan fingerprint density at radius 1 is 1.58 bits per heavy atom. The fraction of sp³-hybridized carbons (Fsp3) is 0.667. The highest BCUT2D eigenvalue weighted by molar-refractivity contribution is 5.96. The Hall–Kier alpha value is -1.14. The van der Waals surface area contributed by atoms with E-state index in [-0.39, 0.29) is 25.5 Å². The van der Waals surface area contributed by atoms with Crippen LogP contribution in [0, 0.1) is 0 Å². The Balaban J connectivity index is 2.34.